The highest BCUT2D eigenvalue weighted by Crippen LogP contribution is 2.29. The number of hydrogen-bond donors (Lipinski definition) is 2. The summed E-state index contributed by atoms with van der Waals surface area (Å²) < 4.78 is 52.5. The Kier molecular flexibility index (Phi) is 7.55. The van der Waals surface area contributed by atoms with Gasteiger partial charge in [0.2, 0.25) is 0 Å². The molecule has 10 heteroatoms. The average molecular weight is 479 g/mol. The van der Waals surface area contributed by atoms with E-state index < -0.39 is 26.6 Å². The molecule has 0 fully saturated rings. The second-order valence-corrected chi connectivity index (χ2v) is 8.53. The largest absolute Gasteiger partial charge is 0.490 e. The maximum absolute atomic E-state index is 14.0. The fraction of sp³-hybridized carbons (Fsp3) is 0.136. The predicted octanol–water partition coefficient (Wildman–Crippen LogP) is 4.70. The molecule has 3 aromatic rings. The second kappa shape index (κ2) is 10.3. The van der Waals surface area contributed by atoms with Gasteiger partial charge in [-0.15, -0.1) is 0 Å². The van der Waals surface area contributed by atoms with Crippen LogP contribution in [0.2, 0.25) is 5.02 Å². The predicted molar refractivity (Wildman–Crippen MR) is 120 cm³/mol. The molecule has 168 valence electrons. The van der Waals surface area contributed by atoms with E-state index in [9.17, 15) is 17.6 Å². The molecule has 3 aromatic carbocycles. The van der Waals surface area contributed by atoms with Crippen molar-refractivity contribution in [2.24, 2.45) is 0 Å². The summed E-state index contributed by atoms with van der Waals surface area (Å²) in [5.74, 6) is -0.592. The van der Waals surface area contributed by atoms with Crippen molar-refractivity contribution >= 4 is 38.9 Å². The monoisotopic (exact) mass is 478 g/mol. The number of benzene rings is 3. The molecule has 0 atom stereocenters. The number of amides is 1. The van der Waals surface area contributed by atoms with Crippen LogP contribution in [0.15, 0.2) is 71.6 Å². The van der Waals surface area contributed by atoms with Gasteiger partial charge in [-0.1, -0.05) is 35.9 Å². The van der Waals surface area contributed by atoms with Crippen molar-refractivity contribution in [3.05, 3.63) is 77.6 Å². The number of halogens is 2. The lowest BCUT2D eigenvalue weighted by molar-refractivity contribution is -0.118. The van der Waals surface area contributed by atoms with Gasteiger partial charge < -0.3 is 14.8 Å². The molecule has 0 aromatic heterocycles. The van der Waals surface area contributed by atoms with Gasteiger partial charge in [0, 0.05) is 5.02 Å². The Labute approximate surface area is 190 Å². The van der Waals surface area contributed by atoms with Crippen LogP contribution in [0.5, 0.6) is 11.5 Å². The SMILES string of the molecule is CCOc1ccccc1OCC(=O)Nc1cc(Cl)ccc1NS(=O)(=O)c1ccccc1F. The van der Waals surface area contributed by atoms with E-state index in [0.717, 1.165) is 12.1 Å². The lowest BCUT2D eigenvalue weighted by Gasteiger charge is -2.15. The van der Waals surface area contributed by atoms with Gasteiger partial charge in [0.1, 0.15) is 10.7 Å². The van der Waals surface area contributed by atoms with Gasteiger partial charge >= 0.3 is 0 Å². The summed E-state index contributed by atoms with van der Waals surface area (Å²) >= 11 is 6.01. The van der Waals surface area contributed by atoms with E-state index in [1.807, 2.05) is 6.92 Å². The molecule has 0 heterocycles. The van der Waals surface area contributed by atoms with Crippen LogP contribution >= 0.6 is 11.6 Å². The minimum absolute atomic E-state index is 0.0146. The number of hydrogen-bond acceptors (Lipinski definition) is 5. The van der Waals surface area contributed by atoms with Crippen molar-refractivity contribution in [1.82, 2.24) is 0 Å². The highest BCUT2D eigenvalue weighted by Gasteiger charge is 2.21. The Morgan fingerprint density at radius 3 is 2.31 bits per heavy atom. The van der Waals surface area contributed by atoms with Crippen LogP contribution in [-0.4, -0.2) is 27.5 Å². The molecule has 0 aliphatic rings. The minimum Gasteiger partial charge on any atom is -0.490 e. The normalized spacial score (nSPS) is 11.0. The van der Waals surface area contributed by atoms with E-state index in [4.69, 9.17) is 21.1 Å². The van der Waals surface area contributed by atoms with E-state index in [0.29, 0.717) is 18.1 Å². The van der Waals surface area contributed by atoms with Crippen LogP contribution in [0.1, 0.15) is 6.92 Å². The number of para-hydroxylation sites is 2. The minimum atomic E-state index is -4.25. The topological polar surface area (TPSA) is 93.7 Å². The van der Waals surface area contributed by atoms with Crippen LogP contribution in [0.25, 0.3) is 0 Å². The first kappa shape index (κ1) is 23.4. The number of sulfonamides is 1. The van der Waals surface area contributed by atoms with Crippen molar-refractivity contribution in [3.8, 4) is 11.5 Å². The van der Waals surface area contributed by atoms with Crippen molar-refractivity contribution in [2.75, 3.05) is 23.3 Å². The van der Waals surface area contributed by atoms with Crippen LogP contribution < -0.4 is 19.5 Å². The Morgan fingerprint density at radius 2 is 1.62 bits per heavy atom. The van der Waals surface area contributed by atoms with Gasteiger partial charge in [-0.25, -0.2) is 12.8 Å². The highest BCUT2D eigenvalue weighted by atomic mass is 35.5. The molecule has 0 aliphatic heterocycles. The lowest BCUT2D eigenvalue weighted by Crippen LogP contribution is -2.22. The number of anilines is 2. The van der Waals surface area contributed by atoms with Crippen LogP contribution in [0, 0.1) is 5.82 Å². The number of ether oxygens (including phenoxy) is 2. The average Bonchev–Trinajstić information content (AvgIpc) is 2.75. The molecular formula is C22H20ClFN2O5S. The fourth-order valence-corrected chi connectivity index (χ4v) is 4.08. The van der Waals surface area contributed by atoms with E-state index in [1.54, 1.807) is 24.3 Å². The van der Waals surface area contributed by atoms with Crippen molar-refractivity contribution in [3.63, 3.8) is 0 Å². The Morgan fingerprint density at radius 1 is 0.969 bits per heavy atom. The number of nitrogens with one attached hydrogen (secondary N) is 2. The number of carbonyl (C=O) groups excluding carboxylic acids is 1. The first-order valence-electron chi connectivity index (χ1n) is 9.51. The molecule has 0 aliphatic carbocycles. The Hall–Kier alpha value is -3.30. The van der Waals surface area contributed by atoms with Gasteiger partial charge in [-0.3, -0.25) is 9.52 Å². The Bertz CT molecular complexity index is 1220. The summed E-state index contributed by atoms with van der Waals surface area (Å²) in [6, 6.07) is 16.0. The zero-order valence-electron chi connectivity index (χ0n) is 17.0. The van der Waals surface area contributed by atoms with E-state index in [-0.39, 0.29) is 23.0 Å². The molecule has 7 nitrogen and oxygen atoms in total. The maximum Gasteiger partial charge on any atom is 0.264 e. The van der Waals surface area contributed by atoms with Crippen molar-refractivity contribution in [1.29, 1.82) is 0 Å². The molecule has 0 spiro atoms. The second-order valence-electron chi connectivity index (χ2n) is 6.44. The van der Waals surface area contributed by atoms with Crippen LogP contribution in [-0.2, 0) is 14.8 Å². The fourth-order valence-electron chi connectivity index (χ4n) is 2.75. The van der Waals surface area contributed by atoms with Gasteiger partial charge in [0.15, 0.2) is 18.1 Å². The number of carbonyl (C=O) groups is 1. The summed E-state index contributed by atoms with van der Waals surface area (Å²) in [4.78, 5) is 11.9. The molecule has 0 radical (unpaired) electrons. The molecule has 1 amide bonds. The van der Waals surface area contributed by atoms with Gasteiger partial charge in [-0.2, -0.15) is 0 Å². The number of rotatable bonds is 9. The molecule has 0 unspecified atom stereocenters. The summed E-state index contributed by atoms with van der Waals surface area (Å²) in [7, 11) is -4.25. The molecule has 0 saturated heterocycles. The highest BCUT2D eigenvalue weighted by molar-refractivity contribution is 7.92. The first-order chi connectivity index (χ1) is 15.3. The quantitative estimate of drug-likeness (QED) is 0.465. The molecular weight excluding hydrogens is 459 g/mol. The maximum atomic E-state index is 14.0. The molecule has 3 rings (SSSR count). The standard InChI is InChI=1S/C22H20ClFN2O5S/c1-2-30-19-8-4-5-9-20(19)31-14-22(27)25-18-13-15(23)11-12-17(18)26-32(28,29)21-10-6-3-7-16(21)24/h3-13,26H,2,14H2,1H3,(H,25,27). The zero-order valence-corrected chi connectivity index (χ0v) is 18.5. The summed E-state index contributed by atoms with van der Waals surface area (Å²) in [6.45, 7) is 1.89. The summed E-state index contributed by atoms with van der Waals surface area (Å²) in [5.41, 5.74) is 0.102. The van der Waals surface area contributed by atoms with Crippen molar-refractivity contribution < 1.29 is 27.1 Å². The third-order valence-corrected chi connectivity index (χ3v) is 5.77. The third-order valence-electron chi connectivity index (χ3n) is 4.13. The van der Waals surface area contributed by atoms with Crippen LogP contribution in [0.4, 0.5) is 15.8 Å². The smallest absolute Gasteiger partial charge is 0.264 e. The first-order valence-corrected chi connectivity index (χ1v) is 11.4. The lowest BCUT2D eigenvalue weighted by atomic mass is 10.2. The van der Waals surface area contributed by atoms with E-state index in [2.05, 4.69) is 10.0 Å². The molecule has 2 N–H and O–H groups in total. The van der Waals surface area contributed by atoms with Crippen LogP contribution in [0.3, 0.4) is 0 Å². The van der Waals surface area contributed by atoms with Gasteiger partial charge in [0.05, 0.1) is 18.0 Å². The molecule has 0 saturated carbocycles. The molecule has 32 heavy (non-hydrogen) atoms. The van der Waals surface area contributed by atoms with E-state index in [1.165, 1.54) is 30.3 Å². The Balaban J connectivity index is 1.76. The zero-order chi connectivity index (χ0) is 23.1. The van der Waals surface area contributed by atoms with Gasteiger partial charge in [-0.05, 0) is 49.4 Å². The van der Waals surface area contributed by atoms with E-state index >= 15 is 0 Å². The molecule has 0 bridgehead atoms. The summed E-state index contributed by atoms with van der Waals surface area (Å²) in [5, 5.41) is 2.81. The van der Waals surface area contributed by atoms with Gasteiger partial charge in [0.25, 0.3) is 15.9 Å². The summed E-state index contributed by atoms with van der Waals surface area (Å²) in [6.07, 6.45) is 0. The third kappa shape index (κ3) is 5.89. The van der Waals surface area contributed by atoms with Crippen molar-refractivity contribution in [2.45, 2.75) is 11.8 Å².